The summed E-state index contributed by atoms with van der Waals surface area (Å²) in [6, 6.07) is 7.58. The standard InChI is InChI=1S/C16H17N3O3/c1-21-14-4-2-3-12(9-14)5-6-15(20)19-8-7-13(10-19)16-17-11-22-18-16/h2-6,9,11,13H,7-8,10H2,1H3/b6-5+. The first-order chi connectivity index (χ1) is 10.8. The number of hydrogen-bond donors (Lipinski definition) is 0. The molecule has 1 fully saturated rings. The number of ether oxygens (including phenoxy) is 1. The number of amides is 1. The van der Waals surface area contributed by atoms with E-state index in [1.54, 1.807) is 24.2 Å². The Morgan fingerprint density at radius 1 is 1.50 bits per heavy atom. The smallest absolute Gasteiger partial charge is 0.246 e. The maximum absolute atomic E-state index is 12.2. The molecule has 6 heteroatoms. The summed E-state index contributed by atoms with van der Waals surface area (Å²) in [5, 5.41) is 3.85. The Bertz CT molecular complexity index is 667. The molecule has 1 unspecified atom stereocenters. The normalized spacial score (nSPS) is 18.0. The van der Waals surface area contributed by atoms with Crippen molar-refractivity contribution in [3.8, 4) is 5.75 Å². The predicted molar refractivity (Wildman–Crippen MR) is 80.3 cm³/mol. The Morgan fingerprint density at radius 2 is 2.41 bits per heavy atom. The molecule has 1 aliphatic rings. The van der Waals surface area contributed by atoms with Crippen molar-refractivity contribution in [2.45, 2.75) is 12.3 Å². The van der Waals surface area contributed by atoms with Crippen LogP contribution in [0.3, 0.4) is 0 Å². The first kappa shape index (κ1) is 14.3. The maximum atomic E-state index is 12.2. The zero-order valence-electron chi connectivity index (χ0n) is 12.3. The van der Waals surface area contributed by atoms with Crippen molar-refractivity contribution in [1.29, 1.82) is 0 Å². The van der Waals surface area contributed by atoms with Crippen molar-refractivity contribution in [3.05, 3.63) is 48.1 Å². The molecule has 2 heterocycles. The minimum atomic E-state index is -0.00573. The molecule has 114 valence electrons. The van der Waals surface area contributed by atoms with Crippen LogP contribution in [0.4, 0.5) is 0 Å². The highest BCUT2D eigenvalue weighted by Gasteiger charge is 2.28. The van der Waals surface area contributed by atoms with Gasteiger partial charge in [-0.3, -0.25) is 4.79 Å². The van der Waals surface area contributed by atoms with E-state index in [-0.39, 0.29) is 11.8 Å². The number of rotatable bonds is 4. The van der Waals surface area contributed by atoms with E-state index in [4.69, 9.17) is 9.26 Å². The molecule has 22 heavy (non-hydrogen) atoms. The maximum Gasteiger partial charge on any atom is 0.246 e. The summed E-state index contributed by atoms with van der Waals surface area (Å²) >= 11 is 0. The van der Waals surface area contributed by atoms with Crippen LogP contribution in [0.15, 0.2) is 41.3 Å². The van der Waals surface area contributed by atoms with Crippen LogP contribution in [-0.4, -0.2) is 41.1 Å². The molecule has 0 bridgehead atoms. The van der Waals surface area contributed by atoms with Gasteiger partial charge in [0.15, 0.2) is 5.82 Å². The van der Waals surface area contributed by atoms with Crippen LogP contribution >= 0.6 is 0 Å². The molecule has 0 aliphatic carbocycles. The summed E-state index contributed by atoms with van der Waals surface area (Å²) < 4.78 is 9.92. The molecule has 0 radical (unpaired) electrons. The predicted octanol–water partition coefficient (Wildman–Crippen LogP) is 2.11. The number of nitrogens with zero attached hydrogens (tertiary/aromatic N) is 3. The van der Waals surface area contributed by atoms with E-state index in [2.05, 4.69) is 10.1 Å². The minimum absolute atomic E-state index is 0.00573. The summed E-state index contributed by atoms with van der Waals surface area (Å²) in [6.07, 6.45) is 5.57. The van der Waals surface area contributed by atoms with E-state index >= 15 is 0 Å². The van der Waals surface area contributed by atoms with Crippen molar-refractivity contribution < 1.29 is 14.1 Å². The molecule has 1 aliphatic heterocycles. The van der Waals surface area contributed by atoms with E-state index in [0.29, 0.717) is 18.9 Å². The van der Waals surface area contributed by atoms with Gasteiger partial charge in [0.05, 0.1) is 7.11 Å². The lowest BCUT2D eigenvalue weighted by Crippen LogP contribution is -2.26. The number of likely N-dealkylation sites (tertiary alicyclic amines) is 1. The molecule has 3 rings (SSSR count). The van der Waals surface area contributed by atoms with Crippen LogP contribution in [-0.2, 0) is 4.79 Å². The lowest BCUT2D eigenvalue weighted by atomic mass is 10.1. The van der Waals surface area contributed by atoms with Crippen LogP contribution < -0.4 is 4.74 Å². The number of aromatic nitrogens is 2. The van der Waals surface area contributed by atoms with Crippen LogP contribution in [0.5, 0.6) is 5.75 Å². The van der Waals surface area contributed by atoms with E-state index in [0.717, 1.165) is 17.7 Å². The van der Waals surface area contributed by atoms with Crippen molar-refractivity contribution in [3.63, 3.8) is 0 Å². The molecule has 2 aromatic rings. The molecule has 1 aromatic heterocycles. The van der Waals surface area contributed by atoms with Gasteiger partial charge in [-0.15, -0.1) is 0 Å². The SMILES string of the molecule is COc1cccc(/C=C/C(=O)N2CCC(c3ncon3)C2)c1. The molecule has 0 N–H and O–H groups in total. The molecule has 1 saturated heterocycles. The summed E-state index contributed by atoms with van der Waals surface area (Å²) in [6.45, 7) is 1.33. The third kappa shape index (κ3) is 3.16. The van der Waals surface area contributed by atoms with Crippen molar-refractivity contribution in [2.75, 3.05) is 20.2 Å². The quantitative estimate of drug-likeness (QED) is 0.809. The van der Waals surface area contributed by atoms with Gasteiger partial charge < -0.3 is 14.2 Å². The summed E-state index contributed by atoms with van der Waals surface area (Å²) in [5.74, 6) is 1.60. The van der Waals surface area contributed by atoms with Crippen molar-refractivity contribution in [2.24, 2.45) is 0 Å². The Kier molecular flexibility index (Phi) is 4.18. The number of carbonyl (C=O) groups excluding carboxylic acids is 1. The second kappa shape index (κ2) is 6.43. The van der Waals surface area contributed by atoms with Gasteiger partial charge >= 0.3 is 0 Å². The van der Waals surface area contributed by atoms with Gasteiger partial charge in [0.2, 0.25) is 12.3 Å². The first-order valence-electron chi connectivity index (χ1n) is 7.13. The molecular weight excluding hydrogens is 282 g/mol. The van der Waals surface area contributed by atoms with Gasteiger partial charge in [0.1, 0.15) is 5.75 Å². The summed E-state index contributed by atoms with van der Waals surface area (Å²) in [7, 11) is 1.62. The van der Waals surface area contributed by atoms with Crippen LogP contribution in [0.2, 0.25) is 0 Å². The lowest BCUT2D eigenvalue weighted by Gasteiger charge is -2.13. The monoisotopic (exact) mass is 299 g/mol. The third-order valence-corrected chi connectivity index (χ3v) is 3.76. The Morgan fingerprint density at radius 3 is 3.18 bits per heavy atom. The Balaban J connectivity index is 1.61. The summed E-state index contributed by atoms with van der Waals surface area (Å²) in [5.41, 5.74) is 0.932. The van der Waals surface area contributed by atoms with Crippen molar-refractivity contribution in [1.82, 2.24) is 15.0 Å². The van der Waals surface area contributed by atoms with Gasteiger partial charge in [-0.05, 0) is 30.2 Å². The molecular formula is C16H17N3O3. The zero-order chi connectivity index (χ0) is 15.4. The van der Waals surface area contributed by atoms with Crippen LogP contribution in [0.1, 0.15) is 23.7 Å². The Labute approximate surface area is 128 Å². The molecule has 1 aromatic carbocycles. The third-order valence-electron chi connectivity index (χ3n) is 3.76. The van der Waals surface area contributed by atoms with E-state index in [9.17, 15) is 4.79 Å². The van der Waals surface area contributed by atoms with E-state index < -0.39 is 0 Å². The average Bonchev–Trinajstić information content (AvgIpc) is 3.23. The number of carbonyl (C=O) groups is 1. The topological polar surface area (TPSA) is 68.5 Å². The van der Waals surface area contributed by atoms with Gasteiger partial charge in [0, 0.05) is 25.1 Å². The van der Waals surface area contributed by atoms with Crippen LogP contribution in [0, 0.1) is 0 Å². The molecule has 1 atom stereocenters. The molecule has 0 saturated carbocycles. The first-order valence-corrected chi connectivity index (χ1v) is 7.13. The van der Waals surface area contributed by atoms with E-state index in [1.807, 2.05) is 24.3 Å². The Hall–Kier alpha value is -2.63. The van der Waals surface area contributed by atoms with Gasteiger partial charge in [0.25, 0.3) is 0 Å². The van der Waals surface area contributed by atoms with Crippen LogP contribution in [0.25, 0.3) is 6.08 Å². The molecule has 1 amide bonds. The fourth-order valence-electron chi connectivity index (χ4n) is 2.55. The second-order valence-electron chi connectivity index (χ2n) is 5.17. The average molecular weight is 299 g/mol. The highest BCUT2D eigenvalue weighted by Crippen LogP contribution is 2.24. The second-order valence-corrected chi connectivity index (χ2v) is 5.17. The molecule has 6 nitrogen and oxygen atoms in total. The largest absolute Gasteiger partial charge is 0.497 e. The fraction of sp³-hybridized carbons (Fsp3) is 0.312. The summed E-state index contributed by atoms with van der Waals surface area (Å²) in [4.78, 5) is 18.1. The molecule has 0 spiro atoms. The number of methoxy groups -OCH3 is 1. The minimum Gasteiger partial charge on any atom is -0.497 e. The van der Waals surface area contributed by atoms with Gasteiger partial charge in [-0.1, -0.05) is 17.3 Å². The highest BCUT2D eigenvalue weighted by molar-refractivity contribution is 5.92. The van der Waals surface area contributed by atoms with Gasteiger partial charge in [-0.2, -0.15) is 4.98 Å². The van der Waals surface area contributed by atoms with Gasteiger partial charge in [-0.25, -0.2) is 0 Å². The van der Waals surface area contributed by atoms with Crippen molar-refractivity contribution >= 4 is 12.0 Å². The zero-order valence-corrected chi connectivity index (χ0v) is 12.3. The highest BCUT2D eigenvalue weighted by atomic mass is 16.5. The lowest BCUT2D eigenvalue weighted by molar-refractivity contribution is -0.124. The number of benzene rings is 1. The number of hydrogen-bond acceptors (Lipinski definition) is 5. The fourth-order valence-corrected chi connectivity index (χ4v) is 2.55. The van der Waals surface area contributed by atoms with E-state index in [1.165, 1.54) is 6.39 Å².